The molecule has 2 N–H and O–H groups in total. The van der Waals surface area contributed by atoms with Crippen molar-refractivity contribution in [1.82, 2.24) is 20.7 Å². The van der Waals surface area contributed by atoms with Crippen molar-refractivity contribution in [1.29, 1.82) is 0 Å². The van der Waals surface area contributed by atoms with Crippen molar-refractivity contribution in [2.75, 3.05) is 13.2 Å². The Labute approximate surface area is 144 Å². The van der Waals surface area contributed by atoms with Gasteiger partial charge in [0.25, 0.3) is 0 Å². The van der Waals surface area contributed by atoms with Gasteiger partial charge in [0, 0.05) is 36.6 Å². The molecule has 3 aromatic rings. The number of hydrogen-bond donors (Lipinski definition) is 2. The van der Waals surface area contributed by atoms with Crippen LogP contribution in [0, 0.1) is 12.8 Å². The molecule has 1 saturated heterocycles. The highest BCUT2D eigenvalue weighted by molar-refractivity contribution is 7.13. The topological polar surface area (TPSA) is 76.0 Å². The molecule has 6 nitrogen and oxygen atoms in total. The molecule has 0 spiro atoms. The van der Waals surface area contributed by atoms with Gasteiger partial charge in [-0.15, -0.1) is 11.3 Å². The summed E-state index contributed by atoms with van der Waals surface area (Å²) in [6, 6.07) is 6.47. The highest BCUT2D eigenvalue weighted by atomic mass is 32.1. The van der Waals surface area contributed by atoms with E-state index >= 15 is 0 Å². The van der Waals surface area contributed by atoms with E-state index in [9.17, 15) is 0 Å². The van der Waals surface area contributed by atoms with Crippen molar-refractivity contribution in [3.8, 4) is 10.6 Å². The summed E-state index contributed by atoms with van der Waals surface area (Å²) in [6.45, 7) is 4.19. The van der Waals surface area contributed by atoms with Crippen LogP contribution < -0.4 is 5.32 Å². The van der Waals surface area contributed by atoms with Crippen LogP contribution in [0.5, 0.6) is 0 Å². The van der Waals surface area contributed by atoms with Crippen LogP contribution >= 0.6 is 11.3 Å². The molecule has 24 heavy (non-hydrogen) atoms. The minimum Gasteiger partial charge on any atom is -0.379 e. The molecule has 126 valence electrons. The predicted molar refractivity (Wildman–Crippen MR) is 91.8 cm³/mol. The van der Waals surface area contributed by atoms with Crippen LogP contribution in [-0.2, 0) is 17.7 Å². The van der Waals surface area contributed by atoms with Gasteiger partial charge in [0.1, 0.15) is 5.76 Å². The molecule has 0 bridgehead atoms. The van der Waals surface area contributed by atoms with Gasteiger partial charge in [0.05, 0.1) is 35.7 Å². The van der Waals surface area contributed by atoms with Crippen LogP contribution in [0.1, 0.15) is 17.0 Å². The minimum atomic E-state index is 0.307. The molecular formula is C17H20N4O2S. The molecule has 0 unspecified atom stereocenters. The van der Waals surface area contributed by atoms with Crippen molar-refractivity contribution in [3.63, 3.8) is 0 Å². The lowest BCUT2D eigenvalue weighted by Gasteiger charge is -2.18. The number of aromatic nitrogens is 3. The second-order valence-corrected chi connectivity index (χ2v) is 7.12. The molecule has 0 aliphatic carbocycles. The highest BCUT2D eigenvalue weighted by Gasteiger charge is 2.29. The van der Waals surface area contributed by atoms with Crippen LogP contribution in [-0.4, -0.2) is 34.6 Å². The van der Waals surface area contributed by atoms with Crippen LogP contribution in [0.3, 0.4) is 0 Å². The third-order valence-corrected chi connectivity index (χ3v) is 5.27. The van der Waals surface area contributed by atoms with Gasteiger partial charge >= 0.3 is 0 Å². The van der Waals surface area contributed by atoms with E-state index in [1.54, 1.807) is 11.3 Å². The number of nitrogens with zero attached hydrogens (tertiary/aromatic N) is 2. The van der Waals surface area contributed by atoms with Crippen molar-refractivity contribution in [2.24, 2.45) is 5.92 Å². The van der Waals surface area contributed by atoms with Crippen LogP contribution in [0.15, 0.2) is 34.3 Å². The van der Waals surface area contributed by atoms with E-state index in [4.69, 9.17) is 9.26 Å². The first-order valence-electron chi connectivity index (χ1n) is 8.09. The second kappa shape index (κ2) is 6.88. The van der Waals surface area contributed by atoms with E-state index in [-0.39, 0.29) is 0 Å². The summed E-state index contributed by atoms with van der Waals surface area (Å²) in [6.07, 6.45) is 2.74. The number of hydrogen-bond acceptors (Lipinski definition) is 6. The predicted octanol–water partition coefficient (Wildman–Crippen LogP) is 2.78. The SMILES string of the molecule is Cc1cc(C[C@@H]2COC[C@H]2NCc2cn[nH]c2-c2cccs2)on1. The van der Waals surface area contributed by atoms with Gasteiger partial charge in [-0.1, -0.05) is 11.2 Å². The molecule has 7 heteroatoms. The Morgan fingerprint density at radius 1 is 1.42 bits per heavy atom. The van der Waals surface area contributed by atoms with Gasteiger partial charge in [-0.2, -0.15) is 5.10 Å². The molecule has 3 aromatic heterocycles. The lowest BCUT2D eigenvalue weighted by molar-refractivity contribution is 0.181. The molecule has 2 atom stereocenters. The Balaban J connectivity index is 1.39. The summed E-state index contributed by atoms with van der Waals surface area (Å²) < 4.78 is 11.0. The first kappa shape index (κ1) is 15.6. The van der Waals surface area contributed by atoms with Gasteiger partial charge < -0.3 is 14.6 Å². The summed E-state index contributed by atoms with van der Waals surface area (Å²) in [4.78, 5) is 1.21. The van der Waals surface area contributed by atoms with E-state index in [1.165, 1.54) is 10.4 Å². The van der Waals surface area contributed by atoms with Gasteiger partial charge in [-0.3, -0.25) is 5.10 Å². The zero-order valence-corrected chi connectivity index (χ0v) is 14.3. The number of aromatic amines is 1. The monoisotopic (exact) mass is 344 g/mol. The van der Waals surface area contributed by atoms with Gasteiger partial charge in [-0.25, -0.2) is 0 Å². The minimum absolute atomic E-state index is 0.307. The Morgan fingerprint density at radius 3 is 3.17 bits per heavy atom. The van der Waals surface area contributed by atoms with Crippen molar-refractivity contribution in [3.05, 3.63) is 46.8 Å². The average molecular weight is 344 g/mol. The first-order chi connectivity index (χ1) is 11.8. The molecule has 0 saturated carbocycles. The second-order valence-electron chi connectivity index (χ2n) is 6.17. The maximum Gasteiger partial charge on any atom is 0.137 e. The molecule has 4 heterocycles. The van der Waals surface area contributed by atoms with E-state index in [0.717, 1.165) is 43.3 Å². The molecule has 0 amide bonds. The number of thiophene rings is 1. The van der Waals surface area contributed by atoms with Crippen molar-refractivity contribution in [2.45, 2.75) is 25.9 Å². The van der Waals surface area contributed by atoms with Crippen LogP contribution in [0.2, 0.25) is 0 Å². The fourth-order valence-electron chi connectivity index (χ4n) is 3.12. The number of rotatable bonds is 6. The molecular weight excluding hydrogens is 324 g/mol. The number of ether oxygens (including phenoxy) is 1. The molecule has 0 aromatic carbocycles. The Morgan fingerprint density at radius 2 is 2.38 bits per heavy atom. The Bertz CT molecular complexity index is 780. The molecule has 1 aliphatic heterocycles. The van der Waals surface area contributed by atoms with E-state index in [1.807, 2.05) is 19.2 Å². The van der Waals surface area contributed by atoms with Gasteiger partial charge in [0.15, 0.2) is 0 Å². The third kappa shape index (κ3) is 3.28. The average Bonchev–Trinajstić information content (AvgIpc) is 3.34. The summed E-state index contributed by atoms with van der Waals surface area (Å²) in [5, 5.41) is 17.0. The first-order valence-corrected chi connectivity index (χ1v) is 8.97. The molecule has 1 fully saturated rings. The maximum absolute atomic E-state index is 5.68. The summed E-state index contributed by atoms with van der Waals surface area (Å²) in [5.74, 6) is 1.33. The fraction of sp³-hybridized carbons (Fsp3) is 0.412. The molecule has 4 rings (SSSR count). The molecule has 0 radical (unpaired) electrons. The largest absolute Gasteiger partial charge is 0.379 e. The highest BCUT2D eigenvalue weighted by Crippen LogP contribution is 2.26. The maximum atomic E-state index is 5.68. The number of H-pyrrole nitrogens is 1. The normalized spacial score (nSPS) is 20.7. The zero-order chi connectivity index (χ0) is 16.4. The molecule has 1 aliphatic rings. The summed E-state index contributed by atoms with van der Waals surface area (Å²) >= 11 is 1.71. The Hall–Kier alpha value is -1.96. The summed E-state index contributed by atoms with van der Waals surface area (Å²) in [7, 11) is 0. The van der Waals surface area contributed by atoms with Crippen molar-refractivity contribution < 1.29 is 9.26 Å². The van der Waals surface area contributed by atoms with Gasteiger partial charge in [0.2, 0.25) is 0 Å². The lowest BCUT2D eigenvalue weighted by Crippen LogP contribution is -2.36. The smallest absolute Gasteiger partial charge is 0.137 e. The Kier molecular flexibility index (Phi) is 4.46. The van der Waals surface area contributed by atoms with Gasteiger partial charge in [-0.05, 0) is 18.4 Å². The quantitative estimate of drug-likeness (QED) is 0.719. The fourth-order valence-corrected chi connectivity index (χ4v) is 3.87. The third-order valence-electron chi connectivity index (χ3n) is 4.38. The van der Waals surface area contributed by atoms with E-state index in [0.29, 0.717) is 12.0 Å². The zero-order valence-electron chi connectivity index (χ0n) is 13.5. The van der Waals surface area contributed by atoms with Crippen LogP contribution in [0.4, 0.5) is 0 Å². The lowest BCUT2D eigenvalue weighted by atomic mass is 9.98. The summed E-state index contributed by atoms with van der Waals surface area (Å²) in [5.41, 5.74) is 3.20. The van der Waals surface area contributed by atoms with E-state index in [2.05, 4.69) is 38.2 Å². The van der Waals surface area contributed by atoms with E-state index < -0.39 is 0 Å². The standard InChI is InChI=1S/C17H20N4O2S/c1-11-5-14(23-21-11)6-12-9-22-10-15(12)18-7-13-8-19-20-17(13)16-3-2-4-24-16/h2-5,8,12,15,18H,6-7,9-10H2,1H3,(H,19,20)/t12-,15-/m1/s1. The number of aryl methyl sites for hydroxylation is 1. The van der Waals surface area contributed by atoms with Crippen molar-refractivity contribution >= 4 is 11.3 Å². The van der Waals surface area contributed by atoms with Crippen LogP contribution in [0.25, 0.3) is 10.6 Å². The number of nitrogens with one attached hydrogen (secondary N) is 2.